The minimum absolute atomic E-state index is 0.0368. The van der Waals surface area contributed by atoms with Gasteiger partial charge in [-0.25, -0.2) is 14.4 Å². The van der Waals surface area contributed by atoms with E-state index >= 15 is 0 Å². The number of carbonyl (C=O) groups is 3. The van der Waals surface area contributed by atoms with E-state index in [9.17, 15) is 19.5 Å². The van der Waals surface area contributed by atoms with Crippen LogP contribution in [-0.4, -0.2) is 49.4 Å². The number of hydrogen-bond donors (Lipinski definition) is 1. The Bertz CT molecular complexity index is 579. The molecule has 0 fully saturated rings. The zero-order valence-electron chi connectivity index (χ0n) is 11.9. The van der Waals surface area contributed by atoms with E-state index in [0.29, 0.717) is 19.4 Å². The summed E-state index contributed by atoms with van der Waals surface area (Å²) in [6, 6.07) is 3.72. The van der Waals surface area contributed by atoms with Gasteiger partial charge in [0.15, 0.2) is 0 Å². The molecule has 1 N–H and O–H groups in total. The first-order valence-electron chi connectivity index (χ1n) is 6.89. The fraction of sp³-hybridized carbons (Fsp3) is 0.400. The maximum atomic E-state index is 11.9. The van der Waals surface area contributed by atoms with Gasteiger partial charge in [0.1, 0.15) is 6.61 Å². The average Bonchev–Trinajstić information content (AvgIpc) is 2.52. The molecule has 2 bridgehead atoms. The zero-order valence-corrected chi connectivity index (χ0v) is 11.9. The molecule has 0 saturated carbocycles. The normalized spacial score (nSPS) is 17.1. The first-order valence-corrected chi connectivity index (χ1v) is 6.89. The number of rotatable bonds is 1. The highest BCUT2D eigenvalue weighted by molar-refractivity contribution is 6.04. The van der Waals surface area contributed by atoms with Crippen molar-refractivity contribution in [3.63, 3.8) is 0 Å². The van der Waals surface area contributed by atoms with E-state index in [1.807, 2.05) is 0 Å². The van der Waals surface area contributed by atoms with Crippen molar-refractivity contribution >= 4 is 17.9 Å². The van der Waals surface area contributed by atoms with Crippen molar-refractivity contribution in [3.05, 3.63) is 34.9 Å². The fourth-order valence-electron chi connectivity index (χ4n) is 1.95. The maximum Gasteiger partial charge on any atom is 0.339 e. The van der Waals surface area contributed by atoms with Crippen molar-refractivity contribution in [2.75, 3.05) is 26.4 Å². The number of carboxylic acids is 1. The van der Waals surface area contributed by atoms with Crippen LogP contribution in [0.25, 0.3) is 0 Å². The van der Waals surface area contributed by atoms with Crippen LogP contribution in [0.2, 0.25) is 0 Å². The second-order valence-electron chi connectivity index (χ2n) is 4.66. The van der Waals surface area contributed by atoms with Crippen LogP contribution in [-0.2, 0) is 14.2 Å². The van der Waals surface area contributed by atoms with E-state index in [0.717, 1.165) is 6.07 Å². The molecular formula is C15H16O7. The SMILES string of the molecule is O=C1OCCCCOCCOC(=O)c2ccc1cc2C(=O)O. The molecule has 0 aromatic heterocycles. The Balaban J connectivity index is 2.30. The van der Waals surface area contributed by atoms with Crippen molar-refractivity contribution in [3.8, 4) is 0 Å². The number of aromatic carboxylic acids is 1. The third-order valence-electron chi connectivity index (χ3n) is 3.08. The van der Waals surface area contributed by atoms with Gasteiger partial charge in [0.05, 0.1) is 29.9 Å². The lowest BCUT2D eigenvalue weighted by Crippen LogP contribution is -2.16. The molecule has 7 heteroatoms. The van der Waals surface area contributed by atoms with E-state index in [2.05, 4.69) is 0 Å². The summed E-state index contributed by atoms with van der Waals surface area (Å²) in [5.41, 5.74) is -0.325. The topological polar surface area (TPSA) is 99.1 Å². The Labute approximate surface area is 126 Å². The Kier molecular flexibility index (Phi) is 5.48. The van der Waals surface area contributed by atoms with E-state index in [1.165, 1.54) is 12.1 Å². The molecule has 0 atom stereocenters. The van der Waals surface area contributed by atoms with E-state index in [4.69, 9.17) is 14.2 Å². The molecule has 1 aromatic carbocycles. The first-order chi connectivity index (χ1) is 10.6. The predicted octanol–water partition coefficient (Wildman–Crippen LogP) is 1.51. The predicted molar refractivity (Wildman–Crippen MR) is 74.0 cm³/mol. The molecule has 2 aliphatic heterocycles. The second kappa shape index (κ2) is 7.56. The van der Waals surface area contributed by atoms with Crippen LogP contribution in [0.3, 0.4) is 0 Å². The molecule has 7 nitrogen and oxygen atoms in total. The van der Waals surface area contributed by atoms with Crippen molar-refractivity contribution < 1.29 is 33.7 Å². The van der Waals surface area contributed by atoms with Crippen LogP contribution >= 0.6 is 0 Å². The lowest BCUT2D eigenvalue weighted by molar-refractivity contribution is 0.0299. The van der Waals surface area contributed by atoms with E-state index in [-0.39, 0.29) is 36.5 Å². The monoisotopic (exact) mass is 308 g/mol. The molecule has 118 valence electrons. The number of ether oxygens (including phenoxy) is 3. The molecule has 2 heterocycles. The molecule has 0 spiro atoms. The quantitative estimate of drug-likeness (QED) is 0.785. The van der Waals surface area contributed by atoms with Gasteiger partial charge in [-0.05, 0) is 31.0 Å². The smallest absolute Gasteiger partial charge is 0.339 e. The Morgan fingerprint density at radius 1 is 0.955 bits per heavy atom. The number of benzene rings is 1. The Morgan fingerprint density at radius 3 is 2.45 bits per heavy atom. The molecule has 22 heavy (non-hydrogen) atoms. The summed E-state index contributed by atoms with van der Waals surface area (Å²) in [4.78, 5) is 35.0. The van der Waals surface area contributed by atoms with Gasteiger partial charge in [0, 0.05) is 6.61 Å². The minimum Gasteiger partial charge on any atom is -0.478 e. The van der Waals surface area contributed by atoms with E-state index in [1.54, 1.807) is 0 Å². The number of esters is 2. The average molecular weight is 308 g/mol. The third-order valence-corrected chi connectivity index (χ3v) is 3.08. The van der Waals surface area contributed by atoms with Crippen LogP contribution in [0, 0.1) is 0 Å². The van der Waals surface area contributed by atoms with Gasteiger partial charge in [-0.1, -0.05) is 0 Å². The summed E-state index contributed by atoms with van der Waals surface area (Å²) < 4.78 is 15.3. The van der Waals surface area contributed by atoms with Crippen LogP contribution < -0.4 is 0 Å². The highest BCUT2D eigenvalue weighted by Crippen LogP contribution is 2.15. The molecule has 0 unspecified atom stereocenters. The van der Waals surface area contributed by atoms with Crippen LogP contribution in [0.1, 0.15) is 43.9 Å². The van der Waals surface area contributed by atoms with Gasteiger partial charge in [-0.15, -0.1) is 0 Å². The summed E-state index contributed by atoms with van der Waals surface area (Å²) in [6.07, 6.45) is 1.34. The standard InChI is InChI=1S/C15H16O7/c16-13(17)12-9-10-3-4-11(12)15(19)22-8-7-20-5-1-2-6-21-14(10)18/h3-4,9H,1-2,5-8H2,(H,16,17). The van der Waals surface area contributed by atoms with Gasteiger partial charge in [-0.3, -0.25) is 0 Å². The van der Waals surface area contributed by atoms with Gasteiger partial charge >= 0.3 is 17.9 Å². The fourth-order valence-corrected chi connectivity index (χ4v) is 1.95. The number of carboxylic acid groups (broad SMARTS) is 1. The summed E-state index contributed by atoms with van der Waals surface area (Å²) in [5.74, 6) is -2.71. The van der Waals surface area contributed by atoms with Crippen LogP contribution in [0.4, 0.5) is 0 Å². The van der Waals surface area contributed by atoms with Crippen LogP contribution in [0.5, 0.6) is 0 Å². The summed E-state index contributed by atoms with van der Waals surface area (Å²) in [6.45, 7) is 0.960. The number of carbonyl (C=O) groups excluding carboxylic acids is 2. The van der Waals surface area contributed by atoms with Gasteiger partial charge < -0.3 is 19.3 Å². The van der Waals surface area contributed by atoms with Crippen LogP contribution in [0.15, 0.2) is 18.2 Å². The largest absolute Gasteiger partial charge is 0.478 e. The zero-order chi connectivity index (χ0) is 15.9. The maximum absolute atomic E-state index is 11.9. The van der Waals surface area contributed by atoms with Crippen molar-refractivity contribution in [1.29, 1.82) is 0 Å². The van der Waals surface area contributed by atoms with Gasteiger partial charge in [-0.2, -0.15) is 0 Å². The highest BCUT2D eigenvalue weighted by Gasteiger charge is 2.21. The van der Waals surface area contributed by atoms with Crippen molar-refractivity contribution in [1.82, 2.24) is 0 Å². The minimum atomic E-state index is -1.32. The van der Waals surface area contributed by atoms with Gasteiger partial charge in [0.25, 0.3) is 0 Å². The van der Waals surface area contributed by atoms with Crippen molar-refractivity contribution in [2.24, 2.45) is 0 Å². The molecule has 0 amide bonds. The molecule has 0 saturated heterocycles. The summed E-state index contributed by atoms with van der Waals surface area (Å²) >= 11 is 0. The molecule has 1 aromatic rings. The number of hydrogen-bond acceptors (Lipinski definition) is 6. The van der Waals surface area contributed by atoms with Crippen molar-refractivity contribution in [2.45, 2.75) is 12.8 Å². The van der Waals surface area contributed by atoms with E-state index < -0.39 is 17.9 Å². The Morgan fingerprint density at radius 2 is 1.68 bits per heavy atom. The molecule has 3 rings (SSSR count). The molecular weight excluding hydrogens is 292 g/mol. The lowest BCUT2D eigenvalue weighted by Gasteiger charge is -2.08. The summed E-state index contributed by atoms with van der Waals surface area (Å²) in [7, 11) is 0. The third kappa shape index (κ3) is 4.05. The molecule has 0 aliphatic carbocycles. The lowest BCUT2D eigenvalue weighted by atomic mass is 10.0. The highest BCUT2D eigenvalue weighted by atomic mass is 16.6. The number of fused-ring (bicyclic) bond motifs is 12. The second-order valence-corrected chi connectivity index (χ2v) is 4.66. The molecule has 2 aliphatic rings. The Hall–Kier alpha value is -2.41. The van der Waals surface area contributed by atoms with Gasteiger partial charge in [0.2, 0.25) is 0 Å². The first kappa shape index (κ1) is 16.0. The molecule has 0 radical (unpaired) electrons. The summed E-state index contributed by atoms with van der Waals surface area (Å²) in [5, 5.41) is 9.19.